The number of alkyl halides is 1. The van der Waals surface area contributed by atoms with Gasteiger partial charge < -0.3 is 4.74 Å². The molecule has 1 aliphatic rings. The second kappa shape index (κ2) is 5.99. The Labute approximate surface area is 89.8 Å². The number of halogens is 1. The molecule has 1 rings (SSSR count). The summed E-state index contributed by atoms with van der Waals surface area (Å²) in [7, 11) is 0. The Morgan fingerprint density at radius 1 is 1.54 bits per heavy atom. The van der Waals surface area contributed by atoms with Crippen molar-refractivity contribution in [3.8, 4) is 0 Å². The number of rotatable bonds is 4. The van der Waals surface area contributed by atoms with Crippen LogP contribution in [-0.2, 0) is 4.74 Å². The van der Waals surface area contributed by atoms with Crippen molar-refractivity contribution in [2.24, 2.45) is 5.92 Å². The second-order valence-electron chi connectivity index (χ2n) is 4.13. The van der Waals surface area contributed by atoms with Crippen LogP contribution in [0.1, 0.15) is 20.3 Å². The zero-order valence-electron chi connectivity index (χ0n) is 8.63. The number of hydrogen-bond acceptors (Lipinski definition) is 2. The van der Waals surface area contributed by atoms with Gasteiger partial charge in [-0.3, -0.25) is 4.90 Å². The van der Waals surface area contributed by atoms with Crippen LogP contribution >= 0.6 is 15.9 Å². The van der Waals surface area contributed by atoms with Gasteiger partial charge >= 0.3 is 0 Å². The molecule has 0 amide bonds. The van der Waals surface area contributed by atoms with Gasteiger partial charge in [0.05, 0.1) is 12.7 Å². The summed E-state index contributed by atoms with van der Waals surface area (Å²) in [6, 6.07) is 0. The minimum absolute atomic E-state index is 0.404. The largest absolute Gasteiger partial charge is 0.375 e. The summed E-state index contributed by atoms with van der Waals surface area (Å²) >= 11 is 3.47. The van der Waals surface area contributed by atoms with Gasteiger partial charge in [0.1, 0.15) is 0 Å². The highest BCUT2D eigenvalue weighted by atomic mass is 79.9. The lowest BCUT2D eigenvalue weighted by molar-refractivity contribution is -0.0162. The van der Waals surface area contributed by atoms with E-state index in [4.69, 9.17) is 4.74 Å². The SMILES string of the molecule is CC(C)CCN1CCOC(CBr)C1. The summed E-state index contributed by atoms with van der Waals surface area (Å²) in [5.41, 5.74) is 0. The molecule has 3 heteroatoms. The number of ether oxygens (including phenoxy) is 1. The molecular formula is C10H20BrNO. The molecule has 1 aliphatic heterocycles. The predicted octanol–water partition coefficient (Wildman–Crippen LogP) is 2.13. The highest BCUT2D eigenvalue weighted by Gasteiger charge is 2.18. The van der Waals surface area contributed by atoms with E-state index in [9.17, 15) is 0 Å². The third-order valence-electron chi connectivity index (χ3n) is 2.42. The molecule has 0 aromatic rings. The molecule has 78 valence electrons. The van der Waals surface area contributed by atoms with E-state index in [0.29, 0.717) is 6.10 Å². The average molecular weight is 250 g/mol. The van der Waals surface area contributed by atoms with E-state index in [-0.39, 0.29) is 0 Å². The van der Waals surface area contributed by atoms with Crippen LogP contribution in [0.25, 0.3) is 0 Å². The molecule has 0 aliphatic carbocycles. The van der Waals surface area contributed by atoms with Crippen molar-refractivity contribution in [1.29, 1.82) is 0 Å². The van der Waals surface area contributed by atoms with Crippen LogP contribution in [0.15, 0.2) is 0 Å². The van der Waals surface area contributed by atoms with Crippen LogP contribution in [0.2, 0.25) is 0 Å². The molecule has 0 radical (unpaired) electrons. The van der Waals surface area contributed by atoms with Gasteiger partial charge in [-0.05, 0) is 18.9 Å². The molecule has 0 N–H and O–H groups in total. The Bertz CT molecular complexity index is 141. The first-order valence-electron chi connectivity index (χ1n) is 5.12. The fourth-order valence-electron chi connectivity index (χ4n) is 1.52. The van der Waals surface area contributed by atoms with Gasteiger partial charge in [-0.15, -0.1) is 0 Å². The summed E-state index contributed by atoms with van der Waals surface area (Å²) < 4.78 is 5.58. The van der Waals surface area contributed by atoms with E-state index >= 15 is 0 Å². The van der Waals surface area contributed by atoms with Crippen molar-refractivity contribution in [3.05, 3.63) is 0 Å². The Morgan fingerprint density at radius 3 is 2.92 bits per heavy atom. The van der Waals surface area contributed by atoms with E-state index in [1.165, 1.54) is 13.0 Å². The smallest absolute Gasteiger partial charge is 0.0799 e. The second-order valence-corrected chi connectivity index (χ2v) is 4.78. The molecule has 13 heavy (non-hydrogen) atoms. The first-order valence-corrected chi connectivity index (χ1v) is 6.24. The molecule has 1 fully saturated rings. The van der Waals surface area contributed by atoms with Crippen molar-refractivity contribution in [2.45, 2.75) is 26.4 Å². The summed E-state index contributed by atoms with van der Waals surface area (Å²) in [5, 5.41) is 0.963. The minimum Gasteiger partial charge on any atom is -0.375 e. The summed E-state index contributed by atoms with van der Waals surface area (Å²) in [4.78, 5) is 2.51. The molecule has 0 aromatic carbocycles. The zero-order chi connectivity index (χ0) is 9.68. The lowest BCUT2D eigenvalue weighted by Gasteiger charge is -2.32. The lowest BCUT2D eigenvalue weighted by Crippen LogP contribution is -2.43. The van der Waals surface area contributed by atoms with Crippen LogP contribution < -0.4 is 0 Å². The molecule has 1 heterocycles. The van der Waals surface area contributed by atoms with Gasteiger partial charge in [0.15, 0.2) is 0 Å². The fraction of sp³-hybridized carbons (Fsp3) is 1.00. The predicted molar refractivity (Wildman–Crippen MR) is 59.4 cm³/mol. The number of hydrogen-bond donors (Lipinski definition) is 0. The van der Waals surface area contributed by atoms with Crippen molar-refractivity contribution >= 4 is 15.9 Å². The fourth-order valence-corrected chi connectivity index (χ4v) is 1.91. The normalized spacial score (nSPS) is 25.4. The van der Waals surface area contributed by atoms with E-state index in [2.05, 4.69) is 34.7 Å². The molecular weight excluding hydrogens is 230 g/mol. The topological polar surface area (TPSA) is 12.5 Å². The van der Waals surface area contributed by atoms with Crippen LogP contribution in [0.5, 0.6) is 0 Å². The molecule has 0 saturated carbocycles. The first kappa shape index (κ1) is 11.5. The number of nitrogens with zero attached hydrogens (tertiary/aromatic N) is 1. The highest BCUT2D eigenvalue weighted by molar-refractivity contribution is 9.09. The maximum Gasteiger partial charge on any atom is 0.0799 e. The summed E-state index contributed by atoms with van der Waals surface area (Å²) in [6.45, 7) is 8.89. The van der Waals surface area contributed by atoms with Crippen LogP contribution in [0.4, 0.5) is 0 Å². The summed E-state index contributed by atoms with van der Waals surface area (Å²) in [6.07, 6.45) is 1.70. The highest BCUT2D eigenvalue weighted by Crippen LogP contribution is 2.09. The van der Waals surface area contributed by atoms with Gasteiger partial charge in [-0.25, -0.2) is 0 Å². The third-order valence-corrected chi connectivity index (χ3v) is 3.14. The van der Waals surface area contributed by atoms with Gasteiger partial charge in [0, 0.05) is 18.4 Å². The molecule has 1 atom stereocenters. The Hall–Kier alpha value is 0.400. The van der Waals surface area contributed by atoms with E-state index in [0.717, 1.165) is 30.9 Å². The quantitative estimate of drug-likeness (QED) is 0.709. The van der Waals surface area contributed by atoms with Crippen molar-refractivity contribution < 1.29 is 4.74 Å². The van der Waals surface area contributed by atoms with Crippen molar-refractivity contribution in [3.63, 3.8) is 0 Å². The molecule has 1 unspecified atom stereocenters. The molecule has 0 spiro atoms. The Balaban J connectivity index is 2.18. The zero-order valence-corrected chi connectivity index (χ0v) is 10.2. The van der Waals surface area contributed by atoms with Gasteiger partial charge in [-0.1, -0.05) is 29.8 Å². The van der Waals surface area contributed by atoms with Crippen molar-refractivity contribution in [1.82, 2.24) is 4.90 Å². The Kier molecular flexibility index (Phi) is 5.29. The average Bonchev–Trinajstić information content (AvgIpc) is 2.15. The van der Waals surface area contributed by atoms with Crippen LogP contribution in [0, 0.1) is 5.92 Å². The van der Waals surface area contributed by atoms with E-state index < -0.39 is 0 Å². The molecule has 2 nitrogen and oxygen atoms in total. The lowest BCUT2D eigenvalue weighted by atomic mass is 10.1. The summed E-state index contributed by atoms with van der Waals surface area (Å²) in [5.74, 6) is 0.810. The van der Waals surface area contributed by atoms with Crippen LogP contribution in [0.3, 0.4) is 0 Å². The maximum atomic E-state index is 5.58. The molecule has 1 saturated heterocycles. The first-order chi connectivity index (χ1) is 6.22. The van der Waals surface area contributed by atoms with E-state index in [1.807, 2.05) is 0 Å². The van der Waals surface area contributed by atoms with Gasteiger partial charge in [0.2, 0.25) is 0 Å². The minimum atomic E-state index is 0.404. The third kappa shape index (κ3) is 4.43. The van der Waals surface area contributed by atoms with Gasteiger partial charge in [0.25, 0.3) is 0 Å². The standard InChI is InChI=1S/C10H20BrNO/c1-9(2)3-4-12-5-6-13-10(7-11)8-12/h9-10H,3-8H2,1-2H3. The van der Waals surface area contributed by atoms with Gasteiger partial charge in [-0.2, -0.15) is 0 Å². The monoisotopic (exact) mass is 249 g/mol. The maximum absolute atomic E-state index is 5.58. The van der Waals surface area contributed by atoms with Crippen LogP contribution in [-0.4, -0.2) is 42.6 Å². The van der Waals surface area contributed by atoms with Crippen molar-refractivity contribution in [2.75, 3.05) is 31.6 Å². The Morgan fingerprint density at radius 2 is 2.31 bits per heavy atom. The molecule has 0 aromatic heterocycles. The van der Waals surface area contributed by atoms with E-state index in [1.54, 1.807) is 0 Å². The molecule has 0 bridgehead atoms. The number of morpholine rings is 1.